The van der Waals surface area contributed by atoms with Crippen LogP contribution in [-0.2, 0) is 14.2 Å². The van der Waals surface area contributed by atoms with Gasteiger partial charge in [0.2, 0.25) is 0 Å². The van der Waals surface area contributed by atoms with Crippen molar-refractivity contribution in [1.29, 1.82) is 0 Å². The molecule has 10 heteroatoms. The number of carbonyl (C=O) groups excluding carboxylic acids is 2. The summed E-state index contributed by atoms with van der Waals surface area (Å²) in [5, 5.41) is 9.67. The molecule has 0 aromatic heterocycles. The van der Waals surface area contributed by atoms with Gasteiger partial charge in [-0.05, 0) is 6.42 Å². The zero-order valence-corrected chi connectivity index (χ0v) is 15.2. The third-order valence-corrected chi connectivity index (χ3v) is 1.68. The number of aliphatic carboxylic acids is 1. The van der Waals surface area contributed by atoms with Crippen LogP contribution in [-0.4, -0.2) is 11.5 Å². The Morgan fingerprint density at radius 2 is 1.36 bits per heavy atom. The first kappa shape index (κ1) is 25.2. The van der Waals surface area contributed by atoms with Gasteiger partial charge >= 0.3 is 88.7 Å². The second kappa shape index (κ2) is 11.8. The van der Waals surface area contributed by atoms with Crippen molar-refractivity contribution in [2.24, 2.45) is 0 Å². The van der Waals surface area contributed by atoms with Gasteiger partial charge in [0.1, 0.15) is 0 Å². The van der Waals surface area contributed by atoms with Crippen molar-refractivity contribution in [2.75, 3.05) is 0 Å². The minimum absolute atomic E-state index is 0. The summed E-state index contributed by atoms with van der Waals surface area (Å²) in [6.45, 7) is 0. The number of rotatable bonds is 4. The number of carboxylic acids is 1. The maximum atomic E-state index is 10.2. The molecule has 0 aliphatic rings. The van der Waals surface area contributed by atoms with Gasteiger partial charge in [0.15, 0.2) is 5.52 Å². The van der Waals surface area contributed by atoms with Gasteiger partial charge in [-0.25, -0.2) is 0 Å². The molecule has 0 aliphatic heterocycles. The van der Waals surface area contributed by atoms with Gasteiger partial charge < -0.3 is 24.3 Å². The number of carbonyl (C=O) groups is 2. The summed E-state index contributed by atoms with van der Waals surface area (Å²) >= 11 is 0. The van der Waals surface area contributed by atoms with E-state index in [-0.39, 0.29) is 88.7 Å². The molecule has 0 N–H and O–H groups in total. The van der Waals surface area contributed by atoms with Crippen LogP contribution in [0.1, 0.15) is 12.8 Å². The second-order valence-corrected chi connectivity index (χ2v) is 3.26. The van der Waals surface area contributed by atoms with E-state index in [4.69, 9.17) is 0 Å². The number of hydrogen-bond acceptors (Lipinski definition) is 6. The standard InChI is InChI=1S/C4H7O6P.3Na/c5-3(6)1-2-4(7)11(8,9)10;;;/h1-2H2,(H,5,6)(H2,8,9,10);;;/q;3*+1/p-3. The molecule has 0 unspecified atom stereocenters. The first-order valence-electron chi connectivity index (χ1n) is 2.59. The molecule has 0 rings (SSSR count). The summed E-state index contributed by atoms with van der Waals surface area (Å²) in [6.07, 6.45) is -1.56. The van der Waals surface area contributed by atoms with E-state index in [9.17, 15) is 29.0 Å². The Bertz CT molecular complexity index is 225. The van der Waals surface area contributed by atoms with Crippen LogP contribution in [0.25, 0.3) is 0 Å². The minimum atomic E-state index is -5.24. The molecule has 64 valence electrons. The van der Waals surface area contributed by atoms with Gasteiger partial charge in [-0.2, -0.15) is 0 Å². The molecule has 0 amide bonds. The van der Waals surface area contributed by atoms with E-state index in [1.54, 1.807) is 0 Å². The van der Waals surface area contributed by atoms with Crippen LogP contribution in [0.2, 0.25) is 0 Å². The van der Waals surface area contributed by atoms with Crippen molar-refractivity contribution >= 4 is 19.1 Å². The molecule has 0 aliphatic carbocycles. The zero-order chi connectivity index (χ0) is 9.07. The van der Waals surface area contributed by atoms with Crippen LogP contribution < -0.4 is 104 Å². The van der Waals surface area contributed by atoms with Gasteiger partial charge in [-0.3, -0.25) is 4.79 Å². The molecule has 6 nitrogen and oxygen atoms in total. The average molecular weight is 248 g/mol. The van der Waals surface area contributed by atoms with Crippen molar-refractivity contribution in [3.63, 3.8) is 0 Å². The van der Waals surface area contributed by atoms with Gasteiger partial charge in [0.25, 0.3) is 0 Å². The number of hydrogen-bond donors (Lipinski definition) is 0. The van der Waals surface area contributed by atoms with Crippen molar-refractivity contribution < 1.29 is 118 Å². The number of carboxylic acid groups (broad SMARTS) is 1. The van der Waals surface area contributed by atoms with Crippen LogP contribution >= 0.6 is 7.60 Å². The van der Waals surface area contributed by atoms with Gasteiger partial charge in [0.05, 0.1) is 0 Å². The molecule has 0 spiro atoms. The predicted molar refractivity (Wildman–Crippen MR) is 26.9 cm³/mol. The molecule has 0 bridgehead atoms. The van der Waals surface area contributed by atoms with E-state index in [1.165, 1.54) is 0 Å². The predicted octanol–water partition coefficient (Wildman–Crippen LogP) is -12.0. The first-order valence-corrected chi connectivity index (χ1v) is 4.13. The topological polar surface area (TPSA) is 120 Å². The Labute approximate surface area is 147 Å². The molecular formula is C4H4Na3O6P. The normalized spacial score (nSPS) is 8.71. The Kier molecular flexibility index (Phi) is 21.2. The van der Waals surface area contributed by atoms with Crippen LogP contribution in [0.15, 0.2) is 0 Å². The quantitative estimate of drug-likeness (QED) is 0.359. The maximum absolute atomic E-state index is 10.2. The fourth-order valence-corrected chi connectivity index (χ4v) is 0.732. The summed E-state index contributed by atoms with van der Waals surface area (Å²) in [7, 11) is -5.24. The van der Waals surface area contributed by atoms with E-state index in [0.717, 1.165) is 0 Å². The summed E-state index contributed by atoms with van der Waals surface area (Å²) < 4.78 is 9.85. The van der Waals surface area contributed by atoms with Gasteiger partial charge in [0, 0.05) is 20.0 Å². The fourth-order valence-electron chi connectivity index (χ4n) is 0.346. The van der Waals surface area contributed by atoms with Crippen molar-refractivity contribution in [3.8, 4) is 0 Å². The molecule has 0 saturated heterocycles. The average Bonchev–Trinajstić information content (AvgIpc) is 1.80. The molecular weight excluding hydrogens is 244 g/mol. The largest absolute Gasteiger partial charge is 1.00 e. The van der Waals surface area contributed by atoms with E-state index >= 15 is 0 Å². The molecule has 0 aromatic rings. The Morgan fingerprint density at radius 3 is 1.57 bits per heavy atom. The van der Waals surface area contributed by atoms with Crippen molar-refractivity contribution in [2.45, 2.75) is 12.8 Å². The van der Waals surface area contributed by atoms with Crippen LogP contribution in [0.3, 0.4) is 0 Å². The molecule has 0 fully saturated rings. The van der Waals surface area contributed by atoms with Gasteiger partial charge in [-0.15, -0.1) is 0 Å². The molecule has 0 aromatic carbocycles. The van der Waals surface area contributed by atoms with Crippen LogP contribution in [0, 0.1) is 0 Å². The summed E-state index contributed by atoms with van der Waals surface area (Å²) in [5.41, 5.74) is -1.60. The zero-order valence-electron chi connectivity index (χ0n) is 8.31. The first-order chi connectivity index (χ1) is 4.84. The Hall–Kier alpha value is 2.29. The van der Waals surface area contributed by atoms with Crippen LogP contribution in [0.5, 0.6) is 0 Å². The molecule has 0 saturated carbocycles. The van der Waals surface area contributed by atoms with Crippen molar-refractivity contribution in [1.82, 2.24) is 0 Å². The fraction of sp³-hybridized carbons (Fsp3) is 0.500. The van der Waals surface area contributed by atoms with Crippen LogP contribution in [0.4, 0.5) is 0 Å². The molecule has 0 heterocycles. The van der Waals surface area contributed by atoms with E-state index in [0.29, 0.717) is 0 Å². The third-order valence-electron chi connectivity index (χ3n) is 0.848. The van der Waals surface area contributed by atoms with Crippen molar-refractivity contribution in [3.05, 3.63) is 0 Å². The molecule has 0 atom stereocenters. The van der Waals surface area contributed by atoms with E-state index in [2.05, 4.69) is 0 Å². The smallest absolute Gasteiger partial charge is 0.805 e. The Balaban J connectivity index is -0.000000167. The third kappa shape index (κ3) is 14.3. The SMILES string of the molecule is O=C([O-])CCC(=O)P(=O)([O-])[O-].[Na+].[Na+].[Na+]. The second-order valence-electron chi connectivity index (χ2n) is 1.76. The van der Waals surface area contributed by atoms with E-state index in [1.807, 2.05) is 0 Å². The van der Waals surface area contributed by atoms with E-state index < -0.39 is 31.9 Å². The maximum Gasteiger partial charge on any atom is 1.00 e. The summed E-state index contributed by atoms with van der Waals surface area (Å²) in [5.74, 6) is -1.56. The molecule has 0 radical (unpaired) electrons. The Morgan fingerprint density at radius 1 is 1.00 bits per heavy atom. The van der Waals surface area contributed by atoms with Gasteiger partial charge in [-0.1, -0.05) is 0 Å². The monoisotopic (exact) mass is 248 g/mol. The summed E-state index contributed by atoms with van der Waals surface area (Å²) in [6, 6.07) is 0. The molecule has 14 heavy (non-hydrogen) atoms. The summed E-state index contributed by atoms with van der Waals surface area (Å²) in [4.78, 5) is 39.6. The minimum Gasteiger partial charge on any atom is -0.805 e.